The molecule has 3 N–H and O–H groups in total. The zero-order valence-electron chi connectivity index (χ0n) is 15.5. The molecule has 3 rings (SSSR count). The van der Waals surface area contributed by atoms with E-state index in [4.69, 9.17) is 0 Å². The molecule has 1 aliphatic heterocycles. The smallest absolute Gasteiger partial charge is 0.252 e. The lowest BCUT2D eigenvalue weighted by atomic mass is 10.1. The first-order valence-electron chi connectivity index (χ1n) is 9.20. The van der Waals surface area contributed by atoms with Crippen LogP contribution in [0.1, 0.15) is 23.2 Å². The van der Waals surface area contributed by atoms with Crippen LogP contribution >= 0.6 is 11.3 Å². The average Bonchev–Trinajstić information content (AvgIpc) is 3.26. The quantitative estimate of drug-likeness (QED) is 0.400. The third-order valence-electron chi connectivity index (χ3n) is 4.50. The molecule has 1 saturated heterocycles. The number of carbonyl (C=O) groups is 1. The van der Waals surface area contributed by atoms with Crippen LogP contribution in [-0.4, -0.2) is 56.1 Å². The van der Waals surface area contributed by atoms with Gasteiger partial charge in [-0.3, -0.25) is 14.8 Å². The predicted molar refractivity (Wildman–Crippen MR) is 111 cm³/mol. The van der Waals surface area contributed by atoms with Gasteiger partial charge in [0.1, 0.15) is 0 Å². The number of hydrogen-bond donors (Lipinski definition) is 3. The van der Waals surface area contributed by atoms with Crippen LogP contribution in [0.25, 0.3) is 0 Å². The van der Waals surface area contributed by atoms with Gasteiger partial charge in [0.2, 0.25) is 0 Å². The number of carbonyl (C=O) groups excluding carboxylic acids is 1. The number of amides is 1. The molecule has 1 amide bonds. The molecular formula is C19H26N6OS. The fourth-order valence-electron chi connectivity index (χ4n) is 3.04. The number of hydrogen-bond acceptors (Lipinski definition) is 5. The molecule has 2 aromatic rings. The number of nitrogens with zero attached hydrogens (tertiary/aromatic N) is 3. The Morgan fingerprint density at radius 1 is 1.26 bits per heavy atom. The van der Waals surface area contributed by atoms with E-state index in [9.17, 15) is 4.79 Å². The second kappa shape index (κ2) is 9.91. The topological polar surface area (TPSA) is 81.6 Å². The summed E-state index contributed by atoms with van der Waals surface area (Å²) in [4.78, 5) is 22.7. The monoisotopic (exact) mass is 386 g/mol. The van der Waals surface area contributed by atoms with Crippen molar-refractivity contribution in [3.63, 3.8) is 0 Å². The Balaban J connectivity index is 1.34. The van der Waals surface area contributed by atoms with E-state index < -0.39 is 0 Å². The first kappa shape index (κ1) is 19.2. The SMILES string of the molecule is CN=C(NCCNC(=O)c1cccnc1)NC1CCN(c2cccs2)CC1. The van der Waals surface area contributed by atoms with Gasteiger partial charge in [0.05, 0.1) is 10.6 Å². The third-order valence-corrected chi connectivity index (χ3v) is 5.43. The molecule has 0 atom stereocenters. The van der Waals surface area contributed by atoms with Crippen molar-refractivity contribution in [3.8, 4) is 0 Å². The van der Waals surface area contributed by atoms with E-state index in [2.05, 4.69) is 48.3 Å². The van der Waals surface area contributed by atoms with Crippen LogP contribution < -0.4 is 20.9 Å². The van der Waals surface area contributed by atoms with Crippen LogP contribution in [0, 0.1) is 0 Å². The van der Waals surface area contributed by atoms with Gasteiger partial charge < -0.3 is 20.9 Å². The third kappa shape index (κ3) is 5.68. The number of rotatable bonds is 6. The van der Waals surface area contributed by atoms with Crippen molar-refractivity contribution in [2.45, 2.75) is 18.9 Å². The molecule has 2 aromatic heterocycles. The van der Waals surface area contributed by atoms with Crippen LogP contribution in [0.3, 0.4) is 0 Å². The molecule has 7 nitrogen and oxygen atoms in total. The molecule has 144 valence electrons. The highest BCUT2D eigenvalue weighted by Crippen LogP contribution is 2.24. The molecule has 0 aromatic carbocycles. The van der Waals surface area contributed by atoms with E-state index in [-0.39, 0.29) is 5.91 Å². The first-order valence-corrected chi connectivity index (χ1v) is 10.1. The molecule has 0 spiro atoms. The van der Waals surface area contributed by atoms with Crippen molar-refractivity contribution in [1.29, 1.82) is 0 Å². The van der Waals surface area contributed by atoms with Crippen LogP contribution in [0.2, 0.25) is 0 Å². The molecule has 0 unspecified atom stereocenters. The number of nitrogens with one attached hydrogen (secondary N) is 3. The minimum atomic E-state index is -0.117. The van der Waals surface area contributed by atoms with Crippen molar-refractivity contribution < 1.29 is 4.79 Å². The fourth-order valence-corrected chi connectivity index (χ4v) is 3.82. The molecule has 1 aliphatic rings. The van der Waals surface area contributed by atoms with Crippen molar-refractivity contribution in [2.75, 3.05) is 38.1 Å². The van der Waals surface area contributed by atoms with Crippen LogP contribution in [0.4, 0.5) is 5.00 Å². The summed E-state index contributed by atoms with van der Waals surface area (Å²) >= 11 is 1.79. The number of aromatic nitrogens is 1. The van der Waals surface area contributed by atoms with E-state index in [0.717, 1.165) is 31.9 Å². The Morgan fingerprint density at radius 3 is 2.74 bits per heavy atom. The summed E-state index contributed by atoms with van der Waals surface area (Å²) in [6.07, 6.45) is 5.37. The maximum atomic E-state index is 12.0. The number of pyridine rings is 1. The Morgan fingerprint density at radius 2 is 2.07 bits per heavy atom. The standard InChI is InChI=1S/C19H26N6OS/c1-20-19(23-10-9-22-18(26)15-4-2-8-21-14-15)24-16-6-11-25(12-7-16)17-5-3-13-27-17/h2-5,8,13-14,16H,6-7,9-12H2,1H3,(H,22,26)(H2,20,23,24). The van der Waals surface area contributed by atoms with Gasteiger partial charge in [-0.2, -0.15) is 0 Å². The summed E-state index contributed by atoms with van der Waals surface area (Å²) in [6.45, 7) is 3.23. The number of aliphatic imine (C=N–C) groups is 1. The lowest BCUT2D eigenvalue weighted by Crippen LogP contribution is -2.49. The fraction of sp³-hybridized carbons (Fsp3) is 0.421. The Kier molecular flexibility index (Phi) is 7.04. The van der Waals surface area contributed by atoms with Crippen LogP contribution in [-0.2, 0) is 0 Å². The number of guanidine groups is 1. The summed E-state index contributed by atoms with van der Waals surface area (Å²) in [6, 6.07) is 8.20. The van der Waals surface area contributed by atoms with Gasteiger partial charge in [-0.25, -0.2) is 0 Å². The maximum Gasteiger partial charge on any atom is 0.252 e. The van der Waals surface area contributed by atoms with E-state index in [1.165, 1.54) is 5.00 Å². The minimum Gasteiger partial charge on any atom is -0.363 e. The molecule has 1 fully saturated rings. The van der Waals surface area contributed by atoms with Crippen molar-refractivity contribution >= 4 is 28.2 Å². The number of anilines is 1. The van der Waals surface area contributed by atoms with Gasteiger partial charge in [0.15, 0.2) is 5.96 Å². The normalized spacial score (nSPS) is 15.4. The second-order valence-electron chi connectivity index (χ2n) is 6.35. The highest BCUT2D eigenvalue weighted by Gasteiger charge is 2.20. The Labute approximate surface area is 163 Å². The minimum absolute atomic E-state index is 0.117. The zero-order valence-corrected chi connectivity index (χ0v) is 16.3. The molecule has 0 aliphatic carbocycles. The summed E-state index contributed by atoms with van der Waals surface area (Å²) < 4.78 is 0. The van der Waals surface area contributed by atoms with Crippen molar-refractivity contribution in [2.24, 2.45) is 4.99 Å². The highest BCUT2D eigenvalue weighted by molar-refractivity contribution is 7.14. The predicted octanol–water partition coefficient (Wildman–Crippen LogP) is 1.71. The Hall–Kier alpha value is -2.61. The molecule has 27 heavy (non-hydrogen) atoms. The van der Waals surface area contributed by atoms with Gasteiger partial charge in [0.25, 0.3) is 5.91 Å². The van der Waals surface area contributed by atoms with Gasteiger partial charge in [-0.15, -0.1) is 11.3 Å². The van der Waals surface area contributed by atoms with Gasteiger partial charge in [0, 0.05) is 51.7 Å². The van der Waals surface area contributed by atoms with Gasteiger partial charge in [-0.05, 0) is 42.5 Å². The van der Waals surface area contributed by atoms with Gasteiger partial charge >= 0.3 is 0 Å². The summed E-state index contributed by atoms with van der Waals surface area (Å²) in [5.41, 5.74) is 0.567. The average molecular weight is 387 g/mol. The summed E-state index contributed by atoms with van der Waals surface area (Å²) in [5, 5.41) is 13.1. The van der Waals surface area contributed by atoms with E-state index in [1.807, 2.05) is 0 Å². The van der Waals surface area contributed by atoms with E-state index in [1.54, 1.807) is 42.9 Å². The largest absolute Gasteiger partial charge is 0.363 e. The van der Waals surface area contributed by atoms with E-state index >= 15 is 0 Å². The van der Waals surface area contributed by atoms with Gasteiger partial charge in [-0.1, -0.05) is 0 Å². The highest BCUT2D eigenvalue weighted by atomic mass is 32.1. The summed E-state index contributed by atoms with van der Waals surface area (Å²) in [5.74, 6) is 0.661. The zero-order chi connectivity index (χ0) is 18.9. The summed E-state index contributed by atoms with van der Waals surface area (Å²) in [7, 11) is 1.77. The number of piperidine rings is 1. The van der Waals surface area contributed by atoms with E-state index in [0.29, 0.717) is 24.7 Å². The second-order valence-corrected chi connectivity index (χ2v) is 7.28. The molecule has 0 saturated carbocycles. The maximum absolute atomic E-state index is 12.0. The lowest BCUT2D eigenvalue weighted by Gasteiger charge is -2.33. The van der Waals surface area contributed by atoms with Crippen LogP contribution in [0.15, 0.2) is 47.0 Å². The molecule has 0 bridgehead atoms. The molecular weight excluding hydrogens is 360 g/mol. The van der Waals surface area contributed by atoms with Crippen molar-refractivity contribution in [1.82, 2.24) is 20.9 Å². The molecule has 8 heteroatoms. The first-order chi connectivity index (χ1) is 13.3. The lowest BCUT2D eigenvalue weighted by molar-refractivity contribution is 0.0954. The molecule has 3 heterocycles. The molecule has 0 radical (unpaired) electrons. The Bertz CT molecular complexity index is 726. The number of thiophene rings is 1. The van der Waals surface area contributed by atoms with Crippen LogP contribution in [0.5, 0.6) is 0 Å². The van der Waals surface area contributed by atoms with Crippen molar-refractivity contribution in [3.05, 3.63) is 47.6 Å².